The molecule has 1 aliphatic rings. The molecule has 8 heteroatoms. The number of amides is 3. The minimum absolute atomic E-state index is 0.00702. The van der Waals surface area contributed by atoms with E-state index in [9.17, 15) is 9.59 Å². The van der Waals surface area contributed by atoms with Crippen LogP contribution in [0.3, 0.4) is 0 Å². The molecule has 1 heterocycles. The van der Waals surface area contributed by atoms with Gasteiger partial charge in [0.1, 0.15) is 5.75 Å². The van der Waals surface area contributed by atoms with Crippen LogP contribution in [0.15, 0.2) is 66.7 Å². The summed E-state index contributed by atoms with van der Waals surface area (Å²) in [5, 5.41) is 12.3. The molecule has 3 aromatic rings. The first-order valence-corrected chi connectivity index (χ1v) is 12.1. The lowest BCUT2D eigenvalue weighted by Gasteiger charge is -2.13. The first kappa shape index (κ1) is 24.4. The molecule has 0 aliphatic carbocycles. The predicted octanol–water partition coefficient (Wildman–Crippen LogP) is 5.47. The first-order valence-electron chi connectivity index (χ1n) is 11.8. The lowest BCUT2D eigenvalue weighted by atomic mass is 10.1. The summed E-state index contributed by atoms with van der Waals surface area (Å²) in [5.74, 6) is 0.769. The highest BCUT2D eigenvalue weighted by Crippen LogP contribution is 2.36. The molecule has 0 aromatic heterocycles. The van der Waals surface area contributed by atoms with Crippen molar-refractivity contribution < 1.29 is 14.3 Å². The van der Waals surface area contributed by atoms with Gasteiger partial charge < -0.3 is 26.0 Å². The fraction of sp³-hybridized carbons (Fsp3) is 0.259. The van der Waals surface area contributed by atoms with E-state index in [1.54, 1.807) is 6.07 Å². The maximum atomic E-state index is 12.3. The Hall–Kier alpha value is -3.71. The Kier molecular flexibility index (Phi) is 8.46. The van der Waals surface area contributed by atoms with Gasteiger partial charge in [-0.2, -0.15) is 0 Å². The summed E-state index contributed by atoms with van der Waals surface area (Å²) in [4.78, 5) is 24.5. The summed E-state index contributed by atoms with van der Waals surface area (Å²) in [6.07, 6.45) is 2.89. The number of aryl methyl sites for hydroxylation is 1. The Labute approximate surface area is 210 Å². The highest BCUT2D eigenvalue weighted by atomic mass is 35.5. The highest BCUT2D eigenvalue weighted by Gasteiger charge is 2.20. The summed E-state index contributed by atoms with van der Waals surface area (Å²) in [6.45, 7) is 1.56. The molecule has 35 heavy (non-hydrogen) atoms. The number of hydrogen-bond acceptors (Lipinski definition) is 4. The zero-order valence-corrected chi connectivity index (χ0v) is 20.2. The average molecular weight is 493 g/mol. The van der Waals surface area contributed by atoms with E-state index < -0.39 is 0 Å². The minimum Gasteiger partial charge on any atom is -0.493 e. The molecule has 0 atom stereocenters. The predicted molar refractivity (Wildman–Crippen MR) is 141 cm³/mol. The van der Waals surface area contributed by atoms with Gasteiger partial charge in [0.05, 0.1) is 17.3 Å². The van der Waals surface area contributed by atoms with Crippen molar-refractivity contribution in [3.63, 3.8) is 0 Å². The number of urea groups is 1. The number of carbonyl (C=O) groups is 2. The fourth-order valence-electron chi connectivity index (χ4n) is 3.91. The normalized spacial score (nSPS) is 11.8. The highest BCUT2D eigenvalue weighted by molar-refractivity contribution is 6.34. The van der Waals surface area contributed by atoms with Gasteiger partial charge in [0.2, 0.25) is 5.91 Å². The number of hydrogen-bond donors (Lipinski definition) is 4. The lowest BCUT2D eigenvalue weighted by Crippen LogP contribution is -2.33. The third-order valence-corrected chi connectivity index (χ3v) is 6.00. The molecule has 3 amide bonds. The SMILES string of the molecule is O=C(CCCc1ccccc1)Nc1ccc(NCCNC(=O)Nc2c(Cl)ccc3c2CCO3)cc1. The summed E-state index contributed by atoms with van der Waals surface area (Å²) in [5.41, 5.74) is 4.42. The molecule has 0 bridgehead atoms. The molecule has 182 valence electrons. The van der Waals surface area contributed by atoms with Gasteiger partial charge in [-0.3, -0.25) is 4.79 Å². The number of carbonyl (C=O) groups excluding carboxylic acids is 2. The number of ether oxygens (including phenoxy) is 1. The maximum absolute atomic E-state index is 12.3. The molecular formula is C27H29ClN4O3. The van der Waals surface area contributed by atoms with Gasteiger partial charge in [-0.15, -0.1) is 0 Å². The van der Waals surface area contributed by atoms with Gasteiger partial charge in [0.15, 0.2) is 0 Å². The van der Waals surface area contributed by atoms with Crippen LogP contribution < -0.4 is 26.0 Å². The van der Waals surface area contributed by atoms with Crippen molar-refractivity contribution in [3.8, 4) is 5.75 Å². The molecular weight excluding hydrogens is 464 g/mol. The van der Waals surface area contributed by atoms with Gasteiger partial charge in [0.25, 0.3) is 0 Å². The molecule has 7 nitrogen and oxygen atoms in total. The second-order valence-corrected chi connectivity index (χ2v) is 8.68. The second-order valence-electron chi connectivity index (χ2n) is 8.27. The number of nitrogens with one attached hydrogen (secondary N) is 4. The van der Waals surface area contributed by atoms with Crippen molar-refractivity contribution in [1.29, 1.82) is 0 Å². The summed E-state index contributed by atoms with van der Waals surface area (Å²) in [6, 6.07) is 20.9. The molecule has 3 aromatic carbocycles. The van der Waals surface area contributed by atoms with Crippen molar-refractivity contribution in [3.05, 3.63) is 82.9 Å². The van der Waals surface area contributed by atoms with E-state index in [2.05, 4.69) is 33.4 Å². The summed E-state index contributed by atoms with van der Waals surface area (Å²) in [7, 11) is 0. The smallest absolute Gasteiger partial charge is 0.319 e. The van der Waals surface area contributed by atoms with Crippen LogP contribution >= 0.6 is 11.6 Å². The van der Waals surface area contributed by atoms with E-state index in [1.807, 2.05) is 48.5 Å². The van der Waals surface area contributed by atoms with Crippen LogP contribution in [0, 0.1) is 0 Å². The third-order valence-electron chi connectivity index (χ3n) is 5.69. The van der Waals surface area contributed by atoms with E-state index in [1.165, 1.54) is 5.56 Å². The topological polar surface area (TPSA) is 91.5 Å². The zero-order valence-electron chi connectivity index (χ0n) is 19.4. The van der Waals surface area contributed by atoms with Crippen LogP contribution in [0.1, 0.15) is 24.0 Å². The number of rotatable bonds is 10. The molecule has 0 saturated carbocycles. The van der Waals surface area contributed by atoms with E-state index >= 15 is 0 Å². The van der Waals surface area contributed by atoms with Crippen LogP contribution in [0.5, 0.6) is 5.75 Å². The Morgan fingerprint density at radius 1 is 0.886 bits per heavy atom. The van der Waals surface area contributed by atoms with E-state index in [0.29, 0.717) is 36.8 Å². The molecule has 0 radical (unpaired) electrons. The van der Waals surface area contributed by atoms with Crippen LogP contribution in [0.4, 0.5) is 21.9 Å². The fourth-order valence-corrected chi connectivity index (χ4v) is 4.14. The molecule has 0 unspecified atom stereocenters. The second kappa shape index (κ2) is 12.1. The van der Waals surface area contributed by atoms with Crippen LogP contribution in [0.25, 0.3) is 0 Å². The van der Waals surface area contributed by atoms with Crippen molar-refractivity contribution in [1.82, 2.24) is 5.32 Å². The summed E-state index contributed by atoms with van der Waals surface area (Å²) < 4.78 is 5.52. The average Bonchev–Trinajstić information content (AvgIpc) is 3.34. The van der Waals surface area contributed by atoms with E-state index in [-0.39, 0.29) is 11.9 Å². The first-order chi connectivity index (χ1) is 17.1. The van der Waals surface area contributed by atoms with Gasteiger partial charge in [-0.25, -0.2) is 4.79 Å². The molecule has 1 aliphatic heterocycles. The van der Waals surface area contributed by atoms with E-state index in [4.69, 9.17) is 16.3 Å². The molecule has 0 spiro atoms. The standard InChI is InChI=1S/C27H29ClN4O3/c28-23-13-14-24-22(15-18-35-24)26(23)32-27(34)30-17-16-29-20-9-11-21(12-10-20)31-25(33)8-4-7-19-5-2-1-3-6-19/h1-3,5-6,9-14,29H,4,7-8,15-18H2,(H,31,33)(H2,30,32,34). The molecule has 4 N–H and O–H groups in total. The van der Waals surface area contributed by atoms with E-state index in [0.717, 1.165) is 42.0 Å². The van der Waals surface area contributed by atoms with Crippen molar-refractivity contribution in [2.45, 2.75) is 25.7 Å². The van der Waals surface area contributed by atoms with Gasteiger partial charge in [-0.1, -0.05) is 41.9 Å². The molecule has 0 saturated heterocycles. The monoisotopic (exact) mass is 492 g/mol. The van der Waals surface area contributed by atoms with Crippen molar-refractivity contribution >= 4 is 40.6 Å². The van der Waals surface area contributed by atoms with Crippen molar-refractivity contribution in [2.24, 2.45) is 0 Å². The van der Waals surface area contributed by atoms with Gasteiger partial charge in [-0.05, 0) is 54.8 Å². The van der Waals surface area contributed by atoms with Gasteiger partial charge in [0, 0.05) is 42.9 Å². The van der Waals surface area contributed by atoms with Gasteiger partial charge >= 0.3 is 6.03 Å². The Bertz CT molecular complexity index is 1150. The number of anilines is 3. The Balaban J connectivity index is 1.14. The largest absolute Gasteiger partial charge is 0.493 e. The lowest BCUT2D eigenvalue weighted by molar-refractivity contribution is -0.116. The number of benzene rings is 3. The number of fused-ring (bicyclic) bond motifs is 1. The van der Waals surface area contributed by atoms with Crippen LogP contribution in [-0.2, 0) is 17.6 Å². The van der Waals surface area contributed by atoms with Crippen LogP contribution in [0.2, 0.25) is 5.02 Å². The summed E-state index contributed by atoms with van der Waals surface area (Å²) >= 11 is 6.25. The third kappa shape index (κ3) is 7.13. The Morgan fingerprint density at radius 3 is 2.46 bits per heavy atom. The van der Waals surface area contributed by atoms with Crippen LogP contribution in [-0.4, -0.2) is 31.6 Å². The quantitative estimate of drug-likeness (QED) is 0.282. The Morgan fingerprint density at radius 2 is 1.66 bits per heavy atom. The maximum Gasteiger partial charge on any atom is 0.319 e. The van der Waals surface area contributed by atoms with Crippen molar-refractivity contribution in [2.75, 3.05) is 35.6 Å². The number of halogens is 1. The minimum atomic E-state index is -0.320. The zero-order chi connectivity index (χ0) is 24.5. The molecule has 0 fully saturated rings. The molecule has 4 rings (SSSR count).